The van der Waals surface area contributed by atoms with Gasteiger partial charge in [0.15, 0.2) is 0 Å². The van der Waals surface area contributed by atoms with Crippen LogP contribution in [0.5, 0.6) is 0 Å². The Morgan fingerprint density at radius 2 is 2.08 bits per heavy atom. The first-order chi connectivity index (χ1) is 17.3. The van der Waals surface area contributed by atoms with Gasteiger partial charge < -0.3 is 9.30 Å². The number of aromatic nitrogens is 3. The SMILES string of the molecule is C=C(C#N)/C=C\C(C)=NCc1nc2cc(C(=O)N(CCC(=O)OCC)c3ccccn3)ccc2n1C. The second-order valence-electron chi connectivity index (χ2n) is 7.92. The van der Waals surface area contributed by atoms with E-state index in [9.17, 15) is 9.59 Å². The third-order valence-corrected chi connectivity index (χ3v) is 5.38. The summed E-state index contributed by atoms with van der Waals surface area (Å²) in [4.78, 5) is 40.3. The monoisotopic (exact) mass is 484 g/mol. The number of esters is 1. The predicted molar refractivity (Wildman–Crippen MR) is 139 cm³/mol. The fourth-order valence-corrected chi connectivity index (χ4v) is 3.46. The molecule has 2 aromatic heterocycles. The van der Waals surface area contributed by atoms with Gasteiger partial charge in [0, 0.05) is 36.6 Å². The summed E-state index contributed by atoms with van der Waals surface area (Å²) in [5.41, 5.74) is 3.04. The third-order valence-electron chi connectivity index (χ3n) is 5.38. The number of imidazole rings is 1. The fraction of sp³-hybridized carbons (Fsp3) is 0.259. The van der Waals surface area contributed by atoms with Crippen molar-refractivity contribution in [1.82, 2.24) is 14.5 Å². The number of fused-ring (bicyclic) bond motifs is 1. The lowest BCUT2D eigenvalue weighted by molar-refractivity contribution is -0.142. The highest BCUT2D eigenvalue weighted by Gasteiger charge is 2.21. The van der Waals surface area contributed by atoms with E-state index in [1.165, 1.54) is 4.90 Å². The number of aliphatic imine (C=N–C) groups is 1. The first-order valence-electron chi connectivity index (χ1n) is 11.5. The van der Waals surface area contributed by atoms with Crippen molar-refractivity contribution in [1.29, 1.82) is 5.26 Å². The van der Waals surface area contributed by atoms with Gasteiger partial charge in [-0.25, -0.2) is 9.97 Å². The summed E-state index contributed by atoms with van der Waals surface area (Å²) in [6.07, 6.45) is 5.00. The van der Waals surface area contributed by atoms with Crippen LogP contribution in [0.1, 0.15) is 36.5 Å². The highest BCUT2D eigenvalue weighted by Crippen LogP contribution is 2.21. The van der Waals surface area contributed by atoms with Crippen LogP contribution in [0.3, 0.4) is 0 Å². The van der Waals surface area contributed by atoms with Crippen LogP contribution < -0.4 is 4.90 Å². The molecular formula is C27H28N6O3. The molecule has 0 fully saturated rings. The minimum Gasteiger partial charge on any atom is -0.466 e. The van der Waals surface area contributed by atoms with Gasteiger partial charge in [0.05, 0.1) is 36.7 Å². The number of hydrogen-bond acceptors (Lipinski definition) is 7. The van der Waals surface area contributed by atoms with Gasteiger partial charge in [-0.15, -0.1) is 0 Å². The number of rotatable bonds is 10. The molecule has 0 atom stereocenters. The summed E-state index contributed by atoms with van der Waals surface area (Å²) >= 11 is 0. The van der Waals surface area contributed by atoms with E-state index >= 15 is 0 Å². The Balaban J connectivity index is 1.85. The van der Waals surface area contributed by atoms with Crippen molar-refractivity contribution in [3.05, 3.63) is 78.3 Å². The molecule has 2 heterocycles. The highest BCUT2D eigenvalue weighted by atomic mass is 16.5. The van der Waals surface area contributed by atoms with Crippen LogP contribution in [-0.2, 0) is 23.1 Å². The van der Waals surface area contributed by atoms with E-state index in [4.69, 9.17) is 10.00 Å². The topological polar surface area (TPSA) is 113 Å². The van der Waals surface area contributed by atoms with E-state index < -0.39 is 0 Å². The van der Waals surface area contributed by atoms with Crippen molar-refractivity contribution in [2.24, 2.45) is 12.0 Å². The maximum absolute atomic E-state index is 13.5. The molecule has 0 bridgehead atoms. The first-order valence-corrected chi connectivity index (χ1v) is 11.5. The summed E-state index contributed by atoms with van der Waals surface area (Å²) in [6.45, 7) is 7.95. The zero-order valence-electron chi connectivity index (χ0n) is 20.6. The number of allylic oxidation sites excluding steroid dienone is 3. The number of nitriles is 1. The van der Waals surface area contributed by atoms with Gasteiger partial charge in [-0.2, -0.15) is 5.26 Å². The van der Waals surface area contributed by atoms with Crippen molar-refractivity contribution in [3.63, 3.8) is 0 Å². The van der Waals surface area contributed by atoms with E-state index in [-0.39, 0.29) is 31.4 Å². The molecule has 36 heavy (non-hydrogen) atoms. The number of ether oxygens (including phenoxy) is 1. The average Bonchev–Trinajstić information content (AvgIpc) is 3.21. The Bertz CT molecular complexity index is 1370. The molecule has 0 aliphatic rings. The zero-order valence-corrected chi connectivity index (χ0v) is 20.6. The lowest BCUT2D eigenvalue weighted by Crippen LogP contribution is -2.34. The number of hydrogen-bond donors (Lipinski definition) is 0. The highest BCUT2D eigenvalue weighted by molar-refractivity contribution is 6.07. The second kappa shape index (κ2) is 12.2. The molecule has 0 N–H and O–H groups in total. The molecule has 9 nitrogen and oxygen atoms in total. The van der Waals surface area contributed by atoms with E-state index in [0.717, 1.165) is 17.1 Å². The van der Waals surface area contributed by atoms with Gasteiger partial charge in [-0.05, 0) is 56.3 Å². The molecule has 0 aliphatic heterocycles. The molecule has 9 heteroatoms. The minimum absolute atomic E-state index is 0.0552. The van der Waals surface area contributed by atoms with Crippen LogP contribution in [0.2, 0.25) is 0 Å². The Kier molecular flexibility index (Phi) is 8.84. The maximum atomic E-state index is 13.5. The first kappa shape index (κ1) is 26.0. The average molecular weight is 485 g/mol. The molecule has 0 radical (unpaired) electrons. The van der Waals surface area contributed by atoms with Gasteiger partial charge in [0.1, 0.15) is 11.6 Å². The van der Waals surface area contributed by atoms with Crippen LogP contribution >= 0.6 is 0 Å². The van der Waals surface area contributed by atoms with Crippen LogP contribution in [0.15, 0.2) is 71.9 Å². The van der Waals surface area contributed by atoms with Crippen LogP contribution in [-0.4, -0.2) is 45.3 Å². The molecule has 0 saturated heterocycles. The summed E-state index contributed by atoms with van der Waals surface area (Å²) in [7, 11) is 1.89. The Morgan fingerprint density at radius 3 is 2.78 bits per heavy atom. The van der Waals surface area contributed by atoms with E-state index in [2.05, 4.69) is 21.5 Å². The van der Waals surface area contributed by atoms with Crippen molar-refractivity contribution in [2.45, 2.75) is 26.8 Å². The predicted octanol–water partition coefficient (Wildman–Crippen LogP) is 4.17. The summed E-state index contributed by atoms with van der Waals surface area (Å²) < 4.78 is 6.94. The summed E-state index contributed by atoms with van der Waals surface area (Å²) in [6, 6.07) is 12.5. The number of aryl methyl sites for hydroxylation is 1. The van der Waals surface area contributed by atoms with Crippen LogP contribution in [0, 0.1) is 11.3 Å². The smallest absolute Gasteiger partial charge is 0.307 e. The van der Waals surface area contributed by atoms with Gasteiger partial charge in [0.2, 0.25) is 0 Å². The largest absolute Gasteiger partial charge is 0.466 e. The maximum Gasteiger partial charge on any atom is 0.307 e. The van der Waals surface area contributed by atoms with E-state index in [1.807, 2.05) is 30.7 Å². The zero-order chi connectivity index (χ0) is 26.1. The Hall–Kier alpha value is -4.58. The number of carbonyl (C=O) groups is 2. The molecule has 3 rings (SSSR count). The molecule has 3 aromatic rings. The Morgan fingerprint density at radius 1 is 1.28 bits per heavy atom. The molecule has 0 unspecified atom stereocenters. The number of nitrogens with zero attached hydrogens (tertiary/aromatic N) is 6. The number of anilines is 1. The van der Waals surface area contributed by atoms with Crippen molar-refractivity contribution >= 4 is 34.4 Å². The standard InChI is InChI=1S/C27H28N6O3/c1-5-36-26(34)13-15-33(24-8-6-7-14-29-24)27(35)21-11-12-23-22(16-21)31-25(32(23)4)18-30-20(3)10-9-19(2)17-28/h6-12,14,16H,2,5,13,15,18H2,1,3-4H3/b10-9-,30-20?. The number of pyridine rings is 1. The second-order valence-corrected chi connectivity index (χ2v) is 7.92. The van der Waals surface area contributed by atoms with Gasteiger partial charge in [0.25, 0.3) is 5.91 Å². The molecule has 184 valence electrons. The van der Waals surface area contributed by atoms with Crippen molar-refractivity contribution in [2.75, 3.05) is 18.1 Å². The minimum atomic E-state index is -0.376. The van der Waals surface area contributed by atoms with Crippen LogP contribution in [0.25, 0.3) is 11.0 Å². The van der Waals surface area contributed by atoms with Crippen LogP contribution in [0.4, 0.5) is 5.82 Å². The lowest BCUT2D eigenvalue weighted by atomic mass is 10.1. The number of amides is 1. The van der Waals surface area contributed by atoms with Gasteiger partial charge in [-0.3, -0.25) is 19.5 Å². The molecular weight excluding hydrogens is 456 g/mol. The molecule has 0 aliphatic carbocycles. The summed E-state index contributed by atoms with van der Waals surface area (Å²) in [5, 5.41) is 8.80. The van der Waals surface area contributed by atoms with Gasteiger partial charge >= 0.3 is 5.97 Å². The third kappa shape index (κ3) is 6.51. The fourth-order valence-electron chi connectivity index (χ4n) is 3.46. The Labute approximate surface area is 210 Å². The summed E-state index contributed by atoms with van der Waals surface area (Å²) in [5.74, 6) is 0.512. The molecule has 1 aromatic carbocycles. The normalized spacial score (nSPS) is 11.4. The van der Waals surface area contributed by atoms with Crippen molar-refractivity contribution < 1.29 is 14.3 Å². The lowest BCUT2D eigenvalue weighted by Gasteiger charge is -2.21. The quantitative estimate of drug-likeness (QED) is 0.185. The number of carbonyl (C=O) groups excluding carboxylic acids is 2. The number of benzene rings is 1. The molecule has 0 spiro atoms. The van der Waals surface area contributed by atoms with E-state index in [0.29, 0.717) is 29.0 Å². The van der Waals surface area contributed by atoms with E-state index in [1.54, 1.807) is 55.6 Å². The van der Waals surface area contributed by atoms with Gasteiger partial charge in [-0.1, -0.05) is 12.6 Å². The van der Waals surface area contributed by atoms with Crippen molar-refractivity contribution in [3.8, 4) is 6.07 Å². The molecule has 1 amide bonds. The molecule has 0 saturated carbocycles.